The minimum absolute atomic E-state index is 0.0292. The van der Waals surface area contributed by atoms with Gasteiger partial charge in [-0.1, -0.05) is 76.6 Å². The number of hydrogen-bond donors (Lipinski definition) is 0. The summed E-state index contributed by atoms with van der Waals surface area (Å²) in [6.45, 7) is 12.2. The Bertz CT molecular complexity index is 1490. The van der Waals surface area contributed by atoms with Gasteiger partial charge < -0.3 is 0 Å². The third-order valence-corrected chi connectivity index (χ3v) is 7.63. The van der Waals surface area contributed by atoms with Crippen LogP contribution in [0.3, 0.4) is 0 Å². The summed E-state index contributed by atoms with van der Waals surface area (Å²) in [6.07, 6.45) is 1.94. The molecule has 4 aromatic rings. The van der Waals surface area contributed by atoms with Crippen molar-refractivity contribution in [3.05, 3.63) is 91.7 Å². The molecule has 0 unspecified atom stereocenters. The number of rotatable bonds is 7. The van der Waals surface area contributed by atoms with E-state index in [1.807, 2.05) is 42.6 Å². The molecular weight excluding hydrogens is 500 g/mol. The van der Waals surface area contributed by atoms with Gasteiger partial charge in [-0.05, 0) is 54.5 Å². The van der Waals surface area contributed by atoms with Gasteiger partial charge in [0.1, 0.15) is 5.01 Å². The highest BCUT2D eigenvalue weighted by Crippen LogP contribution is 2.32. The van der Waals surface area contributed by atoms with Gasteiger partial charge in [0.15, 0.2) is 5.78 Å². The smallest absolute Gasteiger partial charge is 0.265 e. The molecule has 0 amide bonds. The fourth-order valence-electron chi connectivity index (χ4n) is 4.64. The summed E-state index contributed by atoms with van der Waals surface area (Å²) in [7, 11) is 0. The zero-order chi connectivity index (χ0) is 26.9. The molecule has 4 nitrogen and oxygen atoms in total. The maximum Gasteiger partial charge on any atom is 0.265 e. The molecule has 0 saturated carbocycles. The number of carbonyl (C=O) groups is 1. The number of pyridine rings is 1. The lowest BCUT2D eigenvalue weighted by Crippen LogP contribution is -2.27. The molecule has 0 aliphatic rings. The predicted octanol–water partition coefficient (Wildman–Crippen LogP) is 8.33. The number of nitrogens with zero attached hydrogens (tertiary/aromatic N) is 2. The van der Waals surface area contributed by atoms with E-state index in [9.17, 15) is 9.59 Å². The average Bonchev–Trinajstić information content (AvgIpc) is 3.33. The lowest BCUT2D eigenvalue weighted by Gasteiger charge is -2.22. The highest BCUT2D eigenvalue weighted by Gasteiger charge is 2.25. The quantitative estimate of drug-likeness (QED) is 0.225. The van der Waals surface area contributed by atoms with Crippen LogP contribution in [0.5, 0.6) is 0 Å². The van der Waals surface area contributed by atoms with Crippen molar-refractivity contribution >= 4 is 28.7 Å². The SMILES string of the molecule is CCc1cccc(CC)c1-n1c(C)c(C(=O)CC(C)(C)C)cc(-c2nc(-c3ccc(Cl)cc3)cs2)c1=O. The number of ketones is 1. The van der Waals surface area contributed by atoms with E-state index in [4.69, 9.17) is 16.6 Å². The number of benzene rings is 2. The highest BCUT2D eigenvalue weighted by molar-refractivity contribution is 7.13. The number of hydrogen-bond acceptors (Lipinski definition) is 4. The molecule has 0 spiro atoms. The second-order valence-electron chi connectivity index (χ2n) is 10.5. The number of para-hydroxylation sites is 1. The summed E-state index contributed by atoms with van der Waals surface area (Å²) >= 11 is 7.47. The van der Waals surface area contributed by atoms with E-state index in [0.29, 0.717) is 33.3 Å². The van der Waals surface area contributed by atoms with Crippen molar-refractivity contribution in [3.63, 3.8) is 0 Å². The summed E-state index contributed by atoms with van der Waals surface area (Å²) in [5, 5.41) is 3.19. The molecule has 2 heterocycles. The van der Waals surface area contributed by atoms with Crippen molar-refractivity contribution in [2.24, 2.45) is 5.41 Å². The summed E-state index contributed by atoms with van der Waals surface area (Å²) in [5.41, 5.74) is 6.10. The molecule has 0 N–H and O–H groups in total. The zero-order valence-corrected chi connectivity index (χ0v) is 23.9. The molecule has 37 heavy (non-hydrogen) atoms. The summed E-state index contributed by atoms with van der Waals surface area (Å²) in [5.74, 6) is 0.0292. The minimum atomic E-state index is -0.177. The highest BCUT2D eigenvalue weighted by atomic mass is 35.5. The minimum Gasteiger partial charge on any atom is -0.294 e. The monoisotopic (exact) mass is 532 g/mol. The van der Waals surface area contributed by atoms with E-state index in [0.717, 1.165) is 40.9 Å². The van der Waals surface area contributed by atoms with Gasteiger partial charge in [0.05, 0.1) is 16.9 Å². The third-order valence-electron chi connectivity index (χ3n) is 6.50. The Morgan fingerprint density at radius 1 is 1.03 bits per heavy atom. The van der Waals surface area contributed by atoms with Crippen molar-refractivity contribution < 1.29 is 4.79 Å². The molecule has 4 rings (SSSR count). The van der Waals surface area contributed by atoms with Gasteiger partial charge in [-0.2, -0.15) is 0 Å². The molecule has 0 bridgehead atoms. The fraction of sp³-hybridized carbons (Fsp3) is 0.323. The van der Waals surface area contributed by atoms with Gasteiger partial charge in [0, 0.05) is 33.6 Å². The molecule has 2 aromatic carbocycles. The van der Waals surface area contributed by atoms with Gasteiger partial charge >= 0.3 is 0 Å². The number of Topliss-reactive ketones (excluding diaryl/α,β-unsaturated/α-hetero) is 1. The summed E-state index contributed by atoms with van der Waals surface area (Å²) in [6, 6.07) is 15.4. The summed E-state index contributed by atoms with van der Waals surface area (Å²) in [4.78, 5) is 32.6. The molecule has 0 atom stereocenters. The normalized spacial score (nSPS) is 11.6. The fourth-order valence-corrected chi connectivity index (χ4v) is 5.60. The van der Waals surface area contributed by atoms with E-state index in [-0.39, 0.29) is 16.8 Å². The number of thiazole rings is 1. The van der Waals surface area contributed by atoms with E-state index in [1.54, 1.807) is 10.6 Å². The Morgan fingerprint density at radius 3 is 2.22 bits per heavy atom. The number of aromatic nitrogens is 2. The van der Waals surface area contributed by atoms with E-state index < -0.39 is 0 Å². The molecule has 0 radical (unpaired) electrons. The van der Waals surface area contributed by atoms with Crippen LogP contribution in [-0.4, -0.2) is 15.3 Å². The standard InChI is InChI=1S/C31H33ClN2O2S/c1-7-20-10-9-11-21(8-2)28(20)34-19(3)24(27(35)17-31(4,5)6)16-25(30(34)36)29-33-26(18-37-29)22-12-14-23(32)15-13-22/h9-16,18H,7-8,17H2,1-6H3. The average molecular weight is 533 g/mol. The Kier molecular flexibility index (Phi) is 7.86. The van der Waals surface area contributed by atoms with Crippen LogP contribution in [0.1, 0.15) is 68.2 Å². The van der Waals surface area contributed by atoms with Crippen LogP contribution in [0, 0.1) is 12.3 Å². The Labute approximate surface area is 228 Å². The van der Waals surface area contributed by atoms with Crippen LogP contribution >= 0.6 is 22.9 Å². The van der Waals surface area contributed by atoms with Crippen LogP contribution in [0.25, 0.3) is 27.5 Å². The summed E-state index contributed by atoms with van der Waals surface area (Å²) < 4.78 is 1.76. The van der Waals surface area contributed by atoms with Gasteiger partial charge in [0.25, 0.3) is 5.56 Å². The second kappa shape index (κ2) is 10.8. The Hall–Kier alpha value is -3.02. The zero-order valence-electron chi connectivity index (χ0n) is 22.3. The van der Waals surface area contributed by atoms with E-state index >= 15 is 0 Å². The molecule has 0 aliphatic carbocycles. The molecule has 192 valence electrons. The first-order chi connectivity index (χ1) is 17.5. The second-order valence-corrected chi connectivity index (χ2v) is 11.8. The van der Waals surface area contributed by atoms with Gasteiger partial charge in [-0.25, -0.2) is 4.98 Å². The van der Waals surface area contributed by atoms with E-state index in [1.165, 1.54) is 11.3 Å². The molecule has 2 aromatic heterocycles. The first kappa shape index (κ1) is 27.0. The number of halogens is 1. The first-order valence-corrected chi connectivity index (χ1v) is 13.9. The molecule has 0 aliphatic heterocycles. The van der Waals surface area contributed by atoms with Gasteiger partial charge in [-0.3, -0.25) is 14.2 Å². The maximum atomic E-state index is 14.2. The van der Waals surface area contributed by atoms with Crippen molar-refractivity contribution in [2.45, 2.75) is 60.8 Å². The van der Waals surface area contributed by atoms with Crippen LogP contribution in [0.4, 0.5) is 0 Å². The van der Waals surface area contributed by atoms with Crippen LogP contribution in [0.15, 0.2) is 58.7 Å². The van der Waals surface area contributed by atoms with Crippen LogP contribution in [-0.2, 0) is 12.8 Å². The Morgan fingerprint density at radius 2 is 1.65 bits per heavy atom. The van der Waals surface area contributed by atoms with Crippen molar-refractivity contribution in [3.8, 4) is 27.5 Å². The van der Waals surface area contributed by atoms with Crippen molar-refractivity contribution in [1.82, 2.24) is 9.55 Å². The van der Waals surface area contributed by atoms with Crippen molar-refractivity contribution in [2.75, 3.05) is 0 Å². The van der Waals surface area contributed by atoms with E-state index in [2.05, 4.69) is 46.8 Å². The number of aryl methyl sites for hydroxylation is 2. The van der Waals surface area contributed by atoms with Gasteiger partial charge in [-0.15, -0.1) is 11.3 Å². The topological polar surface area (TPSA) is 52.0 Å². The lowest BCUT2D eigenvalue weighted by atomic mass is 9.87. The molecule has 0 fully saturated rings. The third kappa shape index (κ3) is 5.63. The maximum absolute atomic E-state index is 14.2. The van der Waals surface area contributed by atoms with Crippen molar-refractivity contribution in [1.29, 1.82) is 0 Å². The van der Waals surface area contributed by atoms with Crippen LogP contribution in [0.2, 0.25) is 5.02 Å². The molecule has 0 saturated heterocycles. The number of carbonyl (C=O) groups excluding carboxylic acids is 1. The molecule has 6 heteroatoms. The largest absolute Gasteiger partial charge is 0.294 e. The Balaban J connectivity index is 1.99. The first-order valence-electron chi connectivity index (χ1n) is 12.7. The van der Waals surface area contributed by atoms with Crippen LogP contribution < -0.4 is 5.56 Å². The molecular formula is C31H33ClN2O2S. The predicted molar refractivity (Wildman–Crippen MR) is 155 cm³/mol. The lowest BCUT2D eigenvalue weighted by molar-refractivity contribution is 0.0938. The van der Waals surface area contributed by atoms with Gasteiger partial charge in [0.2, 0.25) is 0 Å².